The van der Waals surface area contributed by atoms with Gasteiger partial charge >= 0.3 is 0 Å². The number of rotatable bonds is 2. The van der Waals surface area contributed by atoms with E-state index in [-0.39, 0.29) is 6.61 Å². The first kappa shape index (κ1) is 9.04. The monoisotopic (exact) mass is 234 g/mol. The molecule has 0 radical (unpaired) electrons. The topological polar surface area (TPSA) is 20.2 Å². The summed E-state index contributed by atoms with van der Waals surface area (Å²) >= 11 is 9.14. The predicted molar refractivity (Wildman–Crippen MR) is 50.0 cm³/mol. The summed E-state index contributed by atoms with van der Waals surface area (Å²) in [5.41, 5.74) is 1.85. The molecule has 11 heavy (non-hydrogen) atoms. The molecule has 0 atom stereocenters. The summed E-state index contributed by atoms with van der Waals surface area (Å²) in [5.74, 6) is 0. The van der Waals surface area contributed by atoms with Crippen LogP contribution in [0.1, 0.15) is 11.1 Å². The molecule has 3 heteroatoms. The third-order valence-corrected chi connectivity index (χ3v) is 2.48. The second-order valence-corrected chi connectivity index (χ2v) is 3.14. The molecule has 1 N–H and O–H groups in total. The molecule has 0 heterocycles. The quantitative estimate of drug-likeness (QED) is 0.782. The van der Waals surface area contributed by atoms with Gasteiger partial charge in [0.15, 0.2) is 0 Å². The number of alkyl halides is 1. The standard InChI is InChI=1S/C8H8BrClO/c9-4-6-2-1-3-8(10)7(6)5-11/h1-3,11H,4-5H2. The summed E-state index contributed by atoms with van der Waals surface area (Å²) in [6.07, 6.45) is 0. The second-order valence-electron chi connectivity index (χ2n) is 2.17. The maximum atomic E-state index is 8.93. The summed E-state index contributed by atoms with van der Waals surface area (Å²) in [6.45, 7) is 0.000602. The van der Waals surface area contributed by atoms with E-state index in [0.717, 1.165) is 16.5 Å². The number of benzene rings is 1. The fourth-order valence-electron chi connectivity index (χ4n) is 0.906. The van der Waals surface area contributed by atoms with Crippen molar-refractivity contribution >= 4 is 27.5 Å². The zero-order chi connectivity index (χ0) is 8.27. The molecule has 1 aromatic carbocycles. The molecule has 0 aromatic heterocycles. The molecular formula is C8H8BrClO. The van der Waals surface area contributed by atoms with Gasteiger partial charge in [-0.1, -0.05) is 39.7 Å². The van der Waals surface area contributed by atoms with Gasteiger partial charge in [-0.25, -0.2) is 0 Å². The zero-order valence-electron chi connectivity index (χ0n) is 5.85. The average molecular weight is 236 g/mol. The third kappa shape index (κ3) is 1.95. The first-order chi connectivity index (χ1) is 5.29. The Morgan fingerprint density at radius 3 is 2.64 bits per heavy atom. The van der Waals surface area contributed by atoms with Gasteiger partial charge in [0.2, 0.25) is 0 Å². The van der Waals surface area contributed by atoms with Gasteiger partial charge in [-0.3, -0.25) is 0 Å². The highest BCUT2D eigenvalue weighted by molar-refractivity contribution is 9.08. The number of aliphatic hydroxyl groups is 1. The Kier molecular flexibility index (Phi) is 3.37. The number of aliphatic hydroxyl groups excluding tert-OH is 1. The van der Waals surface area contributed by atoms with Crippen LogP contribution >= 0.6 is 27.5 Å². The lowest BCUT2D eigenvalue weighted by Crippen LogP contribution is -1.91. The summed E-state index contributed by atoms with van der Waals surface area (Å²) < 4.78 is 0. The summed E-state index contributed by atoms with van der Waals surface area (Å²) in [6, 6.07) is 5.59. The molecule has 0 saturated heterocycles. The van der Waals surface area contributed by atoms with Crippen LogP contribution < -0.4 is 0 Å². The van der Waals surface area contributed by atoms with Crippen LogP contribution in [0, 0.1) is 0 Å². The maximum absolute atomic E-state index is 8.93. The van der Waals surface area contributed by atoms with E-state index >= 15 is 0 Å². The van der Waals surface area contributed by atoms with Gasteiger partial charge in [0.1, 0.15) is 0 Å². The van der Waals surface area contributed by atoms with Crippen LogP contribution in [0.3, 0.4) is 0 Å². The SMILES string of the molecule is OCc1c(Cl)cccc1CBr. The highest BCUT2D eigenvalue weighted by atomic mass is 79.9. The first-order valence-corrected chi connectivity index (χ1v) is 4.72. The van der Waals surface area contributed by atoms with Gasteiger partial charge in [0.25, 0.3) is 0 Å². The van der Waals surface area contributed by atoms with Gasteiger partial charge in [-0.05, 0) is 11.6 Å². The lowest BCUT2D eigenvalue weighted by Gasteiger charge is -2.04. The van der Waals surface area contributed by atoms with Gasteiger partial charge in [0.05, 0.1) is 6.61 Å². The Hall–Kier alpha value is -0.0500. The Balaban J connectivity index is 3.13. The van der Waals surface area contributed by atoms with E-state index in [1.54, 1.807) is 6.07 Å². The summed E-state index contributed by atoms with van der Waals surface area (Å²) in [4.78, 5) is 0. The Bertz CT molecular complexity index is 250. The average Bonchev–Trinajstić information content (AvgIpc) is 2.04. The van der Waals surface area contributed by atoms with Crippen LogP contribution in [-0.4, -0.2) is 5.11 Å². The van der Waals surface area contributed by atoms with Crippen molar-refractivity contribution in [1.29, 1.82) is 0 Å². The Labute approximate surface area is 79.1 Å². The number of hydrogen-bond acceptors (Lipinski definition) is 1. The van der Waals surface area contributed by atoms with Gasteiger partial charge in [0, 0.05) is 15.9 Å². The van der Waals surface area contributed by atoms with Gasteiger partial charge < -0.3 is 5.11 Å². The maximum Gasteiger partial charge on any atom is 0.0699 e. The van der Waals surface area contributed by atoms with E-state index in [0.29, 0.717) is 5.02 Å². The van der Waals surface area contributed by atoms with Gasteiger partial charge in [-0.2, -0.15) is 0 Å². The molecule has 0 amide bonds. The van der Waals surface area contributed by atoms with Gasteiger partial charge in [-0.15, -0.1) is 0 Å². The Morgan fingerprint density at radius 2 is 2.18 bits per heavy atom. The summed E-state index contributed by atoms with van der Waals surface area (Å²) in [5, 5.41) is 10.3. The van der Waals surface area contributed by atoms with Crippen molar-refractivity contribution in [3.05, 3.63) is 34.3 Å². The van der Waals surface area contributed by atoms with Crippen molar-refractivity contribution in [2.75, 3.05) is 0 Å². The van der Waals surface area contributed by atoms with Crippen LogP contribution in [0.15, 0.2) is 18.2 Å². The lowest BCUT2D eigenvalue weighted by atomic mass is 10.1. The van der Waals surface area contributed by atoms with E-state index in [1.165, 1.54) is 0 Å². The lowest BCUT2D eigenvalue weighted by molar-refractivity contribution is 0.281. The molecule has 0 aliphatic carbocycles. The fourth-order valence-corrected chi connectivity index (χ4v) is 1.68. The molecule has 1 nitrogen and oxygen atoms in total. The highest BCUT2D eigenvalue weighted by Crippen LogP contribution is 2.21. The normalized spacial score (nSPS) is 10.1. The first-order valence-electron chi connectivity index (χ1n) is 3.22. The molecule has 0 bridgehead atoms. The van der Waals surface area contributed by atoms with Crippen molar-refractivity contribution in [3.63, 3.8) is 0 Å². The second kappa shape index (κ2) is 4.10. The largest absolute Gasteiger partial charge is 0.392 e. The zero-order valence-corrected chi connectivity index (χ0v) is 8.19. The van der Waals surface area contributed by atoms with Crippen LogP contribution in [0.5, 0.6) is 0 Å². The fraction of sp³-hybridized carbons (Fsp3) is 0.250. The number of halogens is 2. The summed E-state index contributed by atoms with van der Waals surface area (Å²) in [7, 11) is 0. The molecule has 0 saturated carbocycles. The molecule has 0 fully saturated rings. The third-order valence-electron chi connectivity index (χ3n) is 1.52. The van der Waals surface area contributed by atoms with Crippen LogP contribution in [-0.2, 0) is 11.9 Å². The minimum Gasteiger partial charge on any atom is -0.392 e. The van der Waals surface area contributed by atoms with E-state index in [1.807, 2.05) is 12.1 Å². The van der Waals surface area contributed by atoms with Crippen molar-refractivity contribution in [2.24, 2.45) is 0 Å². The van der Waals surface area contributed by atoms with Crippen LogP contribution in [0.2, 0.25) is 5.02 Å². The minimum atomic E-state index is 0.000602. The minimum absolute atomic E-state index is 0.000602. The van der Waals surface area contributed by atoms with Crippen LogP contribution in [0.4, 0.5) is 0 Å². The van der Waals surface area contributed by atoms with E-state index in [9.17, 15) is 0 Å². The molecule has 1 rings (SSSR count). The van der Waals surface area contributed by atoms with Crippen molar-refractivity contribution in [3.8, 4) is 0 Å². The Morgan fingerprint density at radius 1 is 1.45 bits per heavy atom. The van der Waals surface area contributed by atoms with Crippen LogP contribution in [0.25, 0.3) is 0 Å². The molecule has 1 aromatic rings. The van der Waals surface area contributed by atoms with E-state index in [4.69, 9.17) is 16.7 Å². The molecule has 0 spiro atoms. The van der Waals surface area contributed by atoms with Crippen molar-refractivity contribution in [1.82, 2.24) is 0 Å². The number of hydrogen-bond donors (Lipinski definition) is 1. The molecule has 0 aliphatic rings. The predicted octanol–water partition coefficient (Wildman–Crippen LogP) is 2.73. The molecule has 0 aliphatic heterocycles. The molecule has 0 unspecified atom stereocenters. The van der Waals surface area contributed by atoms with Crippen molar-refractivity contribution < 1.29 is 5.11 Å². The van der Waals surface area contributed by atoms with Crippen molar-refractivity contribution in [2.45, 2.75) is 11.9 Å². The van der Waals surface area contributed by atoms with E-state index in [2.05, 4.69) is 15.9 Å². The molecular weight excluding hydrogens is 227 g/mol. The van der Waals surface area contributed by atoms with E-state index < -0.39 is 0 Å². The highest BCUT2D eigenvalue weighted by Gasteiger charge is 2.03. The molecule has 60 valence electrons. The smallest absolute Gasteiger partial charge is 0.0699 e.